The van der Waals surface area contributed by atoms with E-state index in [0.29, 0.717) is 11.7 Å². The number of rotatable bonds is 3. The fourth-order valence-corrected chi connectivity index (χ4v) is 2.19. The van der Waals surface area contributed by atoms with E-state index in [0.717, 1.165) is 12.8 Å². The van der Waals surface area contributed by atoms with Crippen molar-refractivity contribution < 1.29 is 9.26 Å². The Bertz CT molecular complexity index is 376. The third kappa shape index (κ3) is 2.50. The molecule has 2 rings (SSSR count). The predicted molar refractivity (Wildman–Crippen MR) is 63.5 cm³/mol. The Balaban J connectivity index is 2.17. The van der Waals surface area contributed by atoms with Crippen LogP contribution in [0.25, 0.3) is 0 Å². The molecule has 0 radical (unpaired) electrons. The van der Waals surface area contributed by atoms with Gasteiger partial charge in [0.1, 0.15) is 5.60 Å². The Hall–Kier alpha value is -0.940. The Kier molecular flexibility index (Phi) is 3.49. The Morgan fingerprint density at radius 3 is 2.71 bits per heavy atom. The standard InChI is InChI=1S/C12H21N3O2/c1-12(2,16-3)11-14-10(17-15-11)8-6-4-5-7-9(8)13/h8-9H,4-7,13H2,1-3H3. The van der Waals surface area contributed by atoms with Crippen molar-refractivity contribution in [3.63, 3.8) is 0 Å². The average Bonchev–Trinajstić information content (AvgIpc) is 2.79. The molecule has 1 aromatic rings. The predicted octanol–water partition coefficient (Wildman–Crippen LogP) is 1.94. The van der Waals surface area contributed by atoms with Crippen LogP contribution < -0.4 is 5.73 Å². The van der Waals surface area contributed by atoms with Crippen molar-refractivity contribution in [3.05, 3.63) is 11.7 Å². The topological polar surface area (TPSA) is 74.2 Å². The van der Waals surface area contributed by atoms with Gasteiger partial charge in [0.05, 0.1) is 5.92 Å². The van der Waals surface area contributed by atoms with Crippen molar-refractivity contribution >= 4 is 0 Å². The molecule has 5 nitrogen and oxygen atoms in total. The van der Waals surface area contributed by atoms with Gasteiger partial charge in [-0.2, -0.15) is 4.98 Å². The average molecular weight is 239 g/mol. The maximum absolute atomic E-state index is 6.10. The summed E-state index contributed by atoms with van der Waals surface area (Å²) in [5.74, 6) is 1.46. The highest BCUT2D eigenvalue weighted by molar-refractivity contribution is 5.04. The molecule has 1 fully saturated rings. The molecule has 1 aliphatic rings. The van der Waals surface area contributed by atoms with Gasteiger partial charge in [-0.15, -0.1) is 0 Å². The largest absolute Gasteiger partial charge is 0.371 e. The highest BCUT2D eigenvalue weighted by Crippen LogP contribution is 2.32. The van der Waals surface area contributed by atoms with Crippen molar-refractivity contribution in [1.29, 1.82) is 0 Å². The lowest BCUT2D eigenvalue weighted by Crippen LogP contribution is -2.31. The molecule has 96 valence electrons. The summed E-state index contributed by atoms with van der Waals surface area (Å²) in [7, 11) is 1.64. The molecule has 1 aromatic heterocycles. The van der Waals surface area contributed by atoms with Crippen molar-refractivity contribution in [1.82, 2.24) is 10.1 Å². The summed E-state index contributed by atoms with van der Waals surface area (Å²) < 4.78 is 10.7. The number of aromatic nitrogens is 2. The number of nitrogens with zero attached hydrogens (tertiary/aromatic N) is 2. The van der Waals surface area contributed by atoms with Gasteiger partial charge in [0, 0.05) is 13.2 Å². The van der Waals surface area contributed by atoms with Crippen molar-refractivity contribution in [2.24, 2.45) is 5.73 Å². The summed E-state index contributed by atoms with van der Waals surface area (Å²) in [6.07, 6.45) is 4.46. The minimum absolute atomic E-state index is 0.141. The number of hydrogen-bond acceptors (Lipinski definition) is 5. The van der Waals surface area contributed by atoms with Gasteiger partial charge < -0.3 is 15.0 Å². The monoisotopic (exact) mass is 239 g/mol. The van der Waals surface area contributed by atoms with E-state index in [1.807, 2.05) is 13.8 Å². The molecule has 2 atom stereocenters. The van der Waals surface area contributed by atoms with E-state index in [1.54, 1.807) is 7.11 Å². The zero-order chi connectivity index (χ0) is 12.5. The van der Waals surface area contributed by atoms with Gasteiger partial charge in [-0.25, -0.2) is 0 Å². The first-order valence-corrected chi connectivity index (χ1v) is 6.19. The van der Waals surface area contributed by atoms with Crippen LogP contribution in [0.15, 0.2) is 4.52 Å². The Morgan fingerprint density at radius 2 is 2.06 bits per heavy atom. The van der Waals surface area contributed by atoms with Crippen LogP contribution >= 0.6 is 0 Å². The quantitative estimate of drug-likeness (QED) is 0.872. The molecule has 2 N–H and O–H groups in total. The lowest BCUT2D eigenvalue weighted by molar-refractivity contribution is 0.00973. The van der Waals surface area contributed by atoms with E-state index in [4.69, 9.17) is 15.0 Å². The van der Waals surface area contributed by atoms with Gasteiger partial charge in [-0.05, 0) is 26.7 Å². The first-order valence-electron chi connectivity index (χ1n) is 6.19. The van der Waals surface area contributed by atoms with Gasteiger partial charge in [0.25, 0.3) is 0 Å². The third-order valence-electron chi connectivity index (χ3n) is 3.63. The summed E-state index contributed by atoms with van der Waals surface area (Å²) >= 11 is 0. The molecule has 0 aliphatic heterocycles. The molecule has 1 aliphatic carbocycles. The first-order chi connectivity index (χ1) is 8.04. The lowest BCUT2D eigenvalue weighted by atomic mass is 9.85. The fourth-order valence-electron chi connectivity index (χ4n) is 2.19. The first kappa shape index (κ1) is 12.5. The fraction of sp³-hybridized carbons (Fsp3) is 0.833. The van der Waals surface area contributed by atoms with E-state index in [2.05, 4.69) is 10.1 Å². The van der Waals surface area contributed by atoms with Crippen LogP contribution in [0.3, 0.4) is 0 Å². The Morgan fingerprint density at radius 1 is 1.35 bits per heavy atom. The molecule has 0 amide bonds. The van der Waals surface area contributed by atoms with Gasteiger partial charge in [-0.3, -0.25) is 0 Å². The number of hydrogen-bond donors (Lipinski definition) is 1. The van der Waals surface area contributed by atoms with Crippen LogP contribution in [-0.2, 0) is 10.3 Å². The molecule has 1 heterocycles. The molecular weight excluding hydrogens is 218 g/mol. The normalized spacial score (nSPS) is 26.1. The van der Waals surface area contributed by atoms with Crippen LogP contribution in [0.5, 0.6) is 0 Å². The van der Waals surface area contributed by atoms with Crippen molar-refractivity contribution in [2.75, 3.05) is 7.11 Å². The van der Waals surface area contributed by atoms with Crippen LogP contribution in [-0.4, -0.2) is 23.3 Å². The second-order valence-corrected chi connectivity index (χ2v) is 5.23. The maximum atomic E-state index is 6.10. The zero-order valence-electron chi connectivity index (χ0n) is 10.8. The molecular formula is C12H21N3O2. The smallest absolute Gasteiger partial charge is 0.231 e. The molecule has 5 heteroatoms. The van der Waals surface area contributed by atoms with Crippen LogP contribution in [0.2, 0.25) is 0 Å². The molecule has 2 unspecified atom stereocenters. The summed E-state index contributed by atoms with van der Waals surface area (Å²) in [5.41, 5.74) is 5.59. The molecule has 0 spiro atoms. The summed E-state index contributed by atoms with van der Waals surface area (Å²) in [5, 5.41) is 4.00. The lowest BCUT2D eigenvalue weighted by Gasteiger charge is -2.25. The van der Waals surface area contributed by atoms with Crippen LogP contribution in [0.4, 0.5) is 0 Å². The van der Waals surface area contributed by atoms with Crippen LogP contribution in [0, 0.1) is 0 Å². The molecule has 0 saturated heterocycles. The Labute approximate surface area is 102 Å². The molecule has 1 saturated carbocycles. The highest BCUT2D eigenvalue weighted by atomic mass is 16.5. The highest BCUT2D eigenvalue weighted by Gasteiger charge is 2.32. The molecule has 0 aromatic carbocycles. The van der Waals surface area contributed by atoms with Crippen molar-refractivity contribution in [3.8, 4) is 0 Å². The van der Waals surface area contributed by atoms with E-state index in [9.17, 15) is 0 Å². The van der Waals surface area contributed by atoms with Gasteiger partial charge in [-0.1, -0.05) is 18.0 Å². The number of methoxy groups -OCH3 is 1. The minimum Gasteiger partial charge on any atom is -0.371 e. The summed E-state index contributed by atoms with van der Waals surface area (Å²) in [6, 6.07) is 0.141. The summed E-state index contributed by atoms with van der Waals surface area (Å²) in [4.78, 5) is 4.44. The van der Waals surface area contributed by atoms with E-state index in [1.165, 1.54) is 12.8 Å². The van der Waals surface area contributed by atoms with E-state index < -0.39 is 5.60 Å². The van der Waals surface area contributed by atoms with E-state index in [-0.39, 0.29) is 12.0 Å². The maximum Gasteiger partial charge on any atom is 0.231 e. The van der Waals surface area contributed by atoms with Gasteiger partial charge in [0.15, 0.2) is 0 Å². The zero-order valence-corrected chi connectivity index (χ0v) is 10.8. The SMILES string of the molecule is COC(C)(C)c1noc(C2CCCCC2N)n1. The summed E-state index contributed by atoms with van der Waals surface area (Å²) in [6.45, 7) is 3.84. The van der Waals surface area contributed by atoms with Crippen LogP contribution in [0.1, 0.15) is 57.2 Å². The molecule has 17 heavy (non-hydrogen) atoms. The number of ether oxygens (including phenoxy) is 1. The van der Waals surface area contributed by atoms with Gasteiger partial charge >= 0.3 is 0 Å². The third-order valence-corrected chi connectivity index (χ3v) is 3.63. The van der Waals surface area contributed by atoms with Crippen molar-refractivity contribution in [2.45, 2.75) is 57.1 Å². The van der Waals surface area contributed by atoms with E-state index >= 15 is 0 Å². The second kappa shape index (κ2) is 4.74. The van der Waals surface area contributed by atoms with Gasteiger partial charge in [0.2, 0.25) is 11.7 Å². The minimum atomic E-state index is -0.513. The number of nitrogens with two attached hydrogens (primary N) is 1. The second-order valence-electron chi connectivity index (χ2n) is 5.23. The molecule has 0 bridgehead atoms.